The standard InChI is InChI=1S/C19H21NO4/c1-15(2)24-19(21)14-22-18-10-8-16(9-11-18)12-20-23-13-17-6-4-3-5-7-17/h3-12,15H,13-14H2,1-2H3/b20-12+. The number of carbonyl (C=O) groups excluding carboxylic acids is 1. The molecule has 0 spiro atoms. The third-order valence-corrected chi connectivity index (χ3v) is 2.95. The first-order chi connectivity index (χ1) is 11.6. The van der Waals surface area contributed by atoms with E-state index in [2.05, 4.69) is 5.16 Å². The molecule has 0 aliphatic carbocycles. The molecule has 0 unspecified atom stereocenters. The summed E-state index contributed by atoms with van der Waals surface area (Å²) < 4.78 is 10.4. The molecule has 0 saturated heterocycles. The Morgan fingerprint density at radius 2 is 1.79 bits per heavy atom. The SMILES string of the molecule is CC(C)OC(=O)COc1ccc(/C=N/OCc2ccccc2)cc1. The van der Waals surface area contributed by atoms with Crippen molar-refractivity contribution in [3.8, 4) is 5.75 Å². The van der Waals surface area contributed by atoms with Crippen LogP contribution in [-0.2, 0) is 21.0 Å². The Balaban J connectivity index is 1.75. The van der Waals surface area contributed by atoms with E-state index in [1.807, 2.05) is 42.5 Å². The van der Waals surface area contributed by atoms with E-state index in [1.54, 1.807) is 32.2 Å². The Morgan fingerprint density at radius 1 is 1.08 bits per heavy atom. The van der Waals surface area contributed by atoms with Crippen LogP contribution in [0.2, 0.25) is 0 Å². The van der Waals surface area contributed by atoms with E-state index in [-0.39, 0.29) is 18.7 Å². The van der Waals surface area contributed by atoms with Crippen LogP contribution in [0, 0.1) is 0 Å². The second-order valence-corrected chi connectivity index (χ2v) is 5.39. The van der Waals surface area contributed by atoms with Crippen molar-refractivity contribution in [2.75, 3.05) is 6.61 Å². The van der Waals surface area contributed by atoms with Crippen LogP contribution in [-0.4, -0.2) is 24.9 Å². The van der Waals surface area contributed by atoms with Gasteiger partial charge in [0, 0.05) is 0 Å². The van der Waals surface area contributed by atoms with Gasteiger partial charge in [-0.15, -0.1) is 0 Å². The molecule has 5 nitrogen and oxygen atoms in total. The monoisotopic (exact) mass is 327 g/mol. The molecule has 2 aromatic carbocycles. The topological polar surface area (TPSA) is 57.1 Å². The van der Waals surface area contributed by atoms with Gasteiger partial charge in [0.25, 0.3) is 0 Å². The second kappa shape index (κ2) is 9.35. The maximum Gasteiger partial charge on any atom is 0.344 e. The highest BCUT2D eigenvalue weighted by Gasteiger charge is 2.06. The van der Waals surface area contributed by atoms with Gasteiger partial charge in [0.2, 0.25) is 0 Å². The largest absolute Gasteiger partial charge is 0.482 e. The zero-order valence-corrected chi connectivity index (χ0v) is 13.8. The molecule has 5 heteroatoms. The highest BCUT2D eigenvalue weighted by Crippen LogP contribution is 2.11. The van der Waals surface area contributed by atoms with Gasteiger partial charge in [0.05, 0.1) is 12.3 Å². The van der Waals surface area contributed by atoms with Gasteiger partial charge < -0.3 is 14.3 Å². The van der Waals surface area contributed by atoms with Crippen molar-refractivity contribution in [1.29, 1.82) is 0 Å². The lowest BCUT2D eigenvalue weighted by molar-refractivity contribution is -0.149. The summed E-state index contributed by atoms with van der Waals surface area (Å²) in [5, 5.41) is 3.93. The lowest BCUT2D eigenvalue weighted by Gasteiger charge is -2.09. The Labute approximate surface area is 141 Å². The highest BCUT2D eigenvalue weighted by atomic mass is 16.6. The minimum absolute atomic E-state index is 0.105. The predicted molar refractivity (Wildman–Crippen MR) is 92.0 cm³/mol. The molecule has 0 N–H and O–H groups in total. The fourth-order valence-electron chi connectivity index (χ4n) is 1.87. The average Bonchev–Trinajstić information content (AvgIpc) is 2.58. The molecule has 24 heavy (non-hydrogen) atoms. The number of benzene rings is 2. The first-order valence-corrected chi connectivity index (χ1v) is 7.75. The molecule has 0 fully saturated rings. The second-order valence-electron chi connectivity index (χ2n) is 5.39. The normalized spacial score (nSPS) is 10.8. The summed E-state index contributed by atoms with van der Waals surface area (Å²) in [6.07, 6.45) is 1.48. The van der Waals surface area contributed by atoms with E-state index in [4.69, 9.17) is 14.3 Å². The summed E-state index contributed by atoms with van der Waals surface area (Å²) in [7, 11) is 0. The van der Waals surface area contributed by atoms with Crippen molar-refractivity contribution in [2.24, 2.45) is 5.16 Å². The quantitative estimate of drug-likeness (QED) is 0.422. The smallest absolute Gasteiger partial charge is 0.344 e. The van der Waals surface area contributed by atoms with Gasteiger partial charge >= 0.3 is 5.97 Å². The van der Waals surface area contributed by atoms with Crippen molar-refractivity contribution >= 4 is 12.2 Å². The molecule has 2 rings (SSSR count). The number of esters is 1. The number of oxime groups is 1. The van der Waals surface area contributed by atoms with Gasteiger partial charge in [-0.3, -0.25) is 0 Å². The van der Waals surface area contributed by atoms with Crippen LogP contribution in [0.1, 0.15) is 25.0 Å². The first-order valence-electron chi connectivity index (χ1n) is 7.75. The zero-order chi connectivity index (χ0) is 17.2. The summed E-state index contributed by atoms with van der Waals surface area (Å²) in [5.41, 5.74) is 1.94. The van der Waals surface area contributed by atoms with E-state index >= 15 is 0 Å². The number of hydrogen-bond donors (Lipinski definition) is 0. The van der Waals surface area contributed by atoms with E-state index in [0.29, 0.717) is 12.4 Å². The molecule has 0 aliphatic rings. The first kappa shape index (κ1) is 17.5. The summed E-state index contributed by atoms with van der Waals surface area (Å²) in [6, 6.07) is 17.0. The number of ether oxygens (including phenoxy) is 2. The summed E-state index contributed by atoms with van der Waals surface area (Å²) in [6.45, 7) is 3.92. The zero-order valence-electron chi connectivity index (χ0n) is 13.8. The fourth-order valence-corrected chi connectivity index (χ4v) is 1.87. The van der Waals surface area contributed by atoms with Crippen LogP contribution in [0.15, 0.2) is 59.8 Å². The number of nitrogens with zero attached hydrogens (tertiary/aromatic N) is 1. The van der Waals surface area contributed by atoms with Gasteiger partial charge in [0.1, 0.15) is 12.4 Å². The maximum atomic E-state index is 11.4. The van der Waals surface area contributed by atoms with Gasteiger partial charge in [-0.25, -0.2) is 4.79 Å². The van der Waals surface area contributed by atoms with Gasteiger partial charge in [-0.1, -0.05) is 35.5 Å². The van der Waals surface area contributed by atoms with Gasteiger partial charge in [0.15, 0.2) is 6.61 Å². The lowest BCUT2D eigenvalue weighted by atomic mass is 10.2. The Kier molecular flexibility index (Phi) is 6.83. The third kappa shape index (κ3) is 6.52. The van der Waals surface area contributed by atoms with E-state index in [1.165, 1.54) is 0 Å². The molecular weight excluding hydrogens is 306 g/mol. The minimum Gasteiger partial charge on any atom is -0.482 e. The van der Waals surface area contributed by atoms with Crippen LogP contribution in [0.3, 0.4) is 0 Å². The summed E-state index contributed by atoms with van der Waals surface area (Å²) in [5.74, 6) is 0.211. The number of rotatable bonds is 8. The van der Waals surface area contributed by atoms with Crippen molar-refractivity contribution in [3.05, 3.63) is 65.7 Å². The molecule has 126 valence electrons. The lowest BCUT2D eigenvalue weighted by Crippen LogP contribution is -2.18. The molecule has 0 saturated carbocycles. The minimum atomic E-state index is -0.384. The highest BCUT2D eigenvalue weighted by molar-refractivity contribution is 5.79. The van der Waals surface area contributed by atoms with Crippen LogP contribution in [0.25, 0.3) is 0 Å². The van der Waals surface area contributed by atoms with Gasteiger partial charge in [-0.2, -0.15) is 0 Å². The van der Waals surface area contributed by atoms with Crippen molar-refractivity contribution in [2.45, 2.75) is 26.6 Å². The van der Waals surface area contributed by atoms with E-state index in [0.717, 1.165) is 11.1 Å². The number of hydrogen-bond acceptors (Lipinski definition) is 5. The van der Waals surface area contributed by atoms with Crippen LogP contribution < -0.4 is 4.74 Å². The van der Waals surface area contributed by atoms with Crippen LogP contribution in [0.4, 0.5) is 0 Å². The van der Waals surface area contributed by atoms with E-state index in [9.17, 15) is 4.79 Å². The van der Waals surface area contributed by atoms with Crippen molar-refractivity contribution < 1.29 is 19.1 Å². The summed E-state index contributed by atoms with van der Waals surface area (Å²) >= 11 is 0. The Hall–Kier alpha value is -2.82. The number of carbonyl (C=O) groups is 1. The molecule has 0 radical (unpaired) electrons. The van der Waals surface area contributed by atoms with Crippen LogP contribution >= 0.6 is 0 Å². The molecule has 2 aromatic rings. The predicted octanol–water partition coefficient (Wildman–Crippen LogP) is 3.57. The van der Waals surface area contributed by atoms with Gasteiger partial charge in [-0.05, 0) is 49.2 Å². The summed E-state index contributed by atoms with van der Waals surface area (Å²) in [4.78, 5) is 16.6. The van der Waals surface area contributed by atoms with E-state index < -0.39 is 0 Å². The molecule has 0 bridgehead atoms. The molecule has 0 aromatic heterocycles. The molecule has 0 heterocycles. The molecule has 0 atom stereocenters. The van der Waals surface area contributed by atoms with Crippen molar-refractivity contribution in [1.82, 2.24) is 0 Å². The molecule has 0 aliphatic heterocycles. The fraction of sp³-hybridized carbons (Fsp3) is 0.263. The average molecular weight is 327 g/mol. The third-order valence-electron chi connectivity index (χ3n) is 2.95. The maximum absolute atomic E-state index is 11.4. The Bertz CT molecular complexity index is 651. The Morgan fingerprint density at radius 3 is 2.46 bits per heavy atom. The molecular formula is C19H21NO4. The van der Waals surface area contributed by atoms with Crippen molar-refractivity contribution in [3.63, 3.8) is 0 Å². The van der Waals surface area contributed by atoms with Crippen LogP contribution in [0.5, 0.6) is 5.75 Å². The molecule has 0 amide bonds.